The number of carbonyl (C=O) groups is 2. The minimum Gasteiger partial charge on any atom is -0.464 e. The van der Waals surface area contributed by atoms with Gasteiger partial charge in [-0.1, -0.05) is 48.5 Å². The highest BCUT2D eigenvalue weighted by molar-refractivity contribution is 5.82. The fraction of sp³-hybridized carbons (Fsp3) is 0.333. The number of hydrogen-bond donors (Lipinski definition) is 5. The summed E-state index contributed by atoms with van der Waals surface area (Å²) < 4.78 is 10.6. The first-order valence-electron chi connectivity index (χ1n) is 9.96. The molecule has 2 aromatic carbocycles. The maximum atomic E-state index is 12.5. The number of benzene rings is 2. The van der Waals surface area contributed by atoms with Crippen molar-refractivity contribution in [1.29, 1.82) is 0 Å². The van der Waals surface area contributed by atoms with E-state index in [1.807, 2.05) is 24.3 Å². The zero-order valence-electron chi connectivity index (χ0n) is 16.6. The first kappa shape index (κ1) is 20.3. The van der Waals surface area contributed by atoms with Gasteiger partial charge < -0.3 is 14.8 Å². The number of amides is 1. The summed E-state index contributed by atoms with van der Waals surface area (Å²) in [6.45, 7) is 2.12. The Hall–Kier alpha value is -2.98. The lowest BCUT2D eigenvalue weighted by Crippen LogP contribution is -2.48. The molecule has 1 aliphatic heterocycles. The van der Waals surface area contributed by atoms with Crippen LogP contribution < -0.4 is 27.2 Å². The molecule has 158 valence electrons. The van der Waals surface area contributed by atoms with Crippen LogP contribution in [0.2, 0.25) is 0 Å². The number of ether oxygens (including phenoxy) is 2. The van der Waals surface area contributed by atoms with E-state index in [1.165, 1.54) is 0 Å². The van der Waals surface area contributed by atoms with Crippen molar-refractivity contribution in [3.63, 3.8) is 0 Å². The molecule has 2 aromatic rings. The number of hydrazine groups is 3. The third-order valence-corrected chi connectivity index (χ3v) is 5.23. The fourth-order valence-corrected chi connectivity index (χ4v) is 3.88. The Labute approximate surface area is 174 Å². The Morgan fingerprint density at radius 3 is 2.17 bits per heavy atom. The van der Waals surface area contributed by atoms with Crippen LogP contribution in [0, 0.1) is 0 Å². The lowest BCUT2D eigenvalue weighted by atomic mass is 9.98. The Bertz CT molecular complexity index is 870. The van der Waals surface area contributed by atoms with Crippen molar-refractivity contribution in [3.05, 3.63) is 59.7 Å². The van der Waals surface area contributed by atoms with Gasteiger partial charge in [-0.3, -0.25) is 0 Å². The fourth-order valence-electron chi connectivity index (χ4n) is 3.88. The maximum Gasteiger partial charge on any atom is 0.407 e. The van der Waals surface area contributed by atoms with Crippen molar-refractivity contribution in [2.24, 2.45) is 0 Å². The molecular formula is C21H25N5O4. The van der Waals surface area contributed by atoms with Crippen molar-refractivity contribution < 1.29 is 19.1 Å². The van der Waals surface area contributed by atoms with Crippen molar-refractivity contribution in [1.82, 2.24) is 27.2 Å². The van der Waals surface area contributed by atoms with Gasteiger partial charge in [0.1, 0.15) is 12.6 Å². The lowest BCUT2D eigenvalue weighted by Gasteiger charge is -2.20. The first-order valence-corrected chi connectivity index (χ1v) is 9.96. The average Bonchev–Trinajstić information content (AvgIpc) is 3.38. The van der Waals surface area contributed by atoms with Gasteiger partial charge >= 0.3 is 12.1 Å². The third-order valence-electron chi connectivity index (χ3n) is 5.23. The van der Waals surface area contributed by atoms with Crippen LogP contribution >= 0.6 is 0 Å². The largest absolute Gasteiger partial charge is 0.464 e. The molecule has 1 atom stereocenters. The molecule has 0 bridgehead atoms. The minimum absolute atomic E-state index is 0.0456. The summed E-state index contributed by atoms with van der Waals surface area (Å²) in [6.07, 6.45) is -0.662. The van der Waals surface area contributed by atoms with Crippen LogP contribution in [0.3, 0.4) is 0 Å². The van der Waals surface area contributed by atoms with E-state index in [0.717, 1.165) is 22.3 Å². The molecule has 2 aliphatic rings. The normalized spacial score (nSPS) is 16.6. The SMILES string of the molecule is CCOC(=O)[C@H](CC1NNNN1)NC(=O)OCC1c2ccccc2-c2ccccc21. The van der Waals surface area contributed by atoms with Crippen molar-refractivity contribution in [2.75, 3.05) is 13.2 Å². The molecule has 1 amide bonds. The lowest BCUT2D eigenvalue weighted by molar-refractivity contribution is -0.145. The van der Waals surface area contributed by atoms with Gasteiger partial charge in [0.05, 0.1) is 12.8 Å². The van der Waals surface area contributed by atoms with Crippen LogP contribution in [0.25, 0.3) is 11.1 Å². The van der Waals surface area contributed by atoms with Crippen LogP contribution in [0.4, 0.5) is 4.79 Å². The quantitative estimate of drug-likeness (QED) is 0.433. The second-order valence-corrected chi connectivity index (χ2v) is 7.10. The molecule has 4 rings (SSSR count). The van der Waals surface area contributed by atoms with Crippen molar-refractivity contribution in [3.8, 4) is 11.1 Å². The van der Waals surface area contributed by atoms with Gasteiger partial charge in [-0.05, 0) is 29.2 Å². The Morgan fingerprint density at radius 2 is 1.57 bits per heavy atom. The zero-order valence-corrected chi connectivity index (χ0v) is 16.6. The molecule has 1 saturated heterocycles. The molecule has 1 heterocycles. The summed E-state index contributed by atoms with van der Waals surface area (Å²) >= 11 is 0. The minimum atomic E-state index is -0.854. The molecular weight excluding hydrogens is 386 g/mol. The van der Waals surface area contributed by atoms with E-state index in [2.05, 4.69) is 51.5 Å². The van der Waals surface area contributed by atoms with E-state index in [0.29, 0.717) is 0 Å². The summed E-state index contributed by atoms with van der Waals surface area (Å²) in [5, 5.41) is 2.63. The van der Waals surface area contributed by atoms with Gasteiger partial charge in [0.25, 0.3) is 0 Å². The molecule has 0 spiro atoms. The van der Waals surface area contributed by atoms with Gasteiger partial charge in [-0.2, -0.15) is 11.1 Å². The number of nitrogens with one attached hydrogen (secondary N) is 5. The van der Waals surface area contributed by atoms with E-state index in [4.69, 9.17) is 9.47 Å². The molecule has 9 nitrogen and oxygen atoms in total. The smallest absolute Gasteiger partial charge is 0.407 e. The molecule has 1 fully saturated rings. The number of alkyl carbamates (subject to hydrolysis) is 1. The van der Waals surface area contributed by atoms with Gasteiger partial charge in [-0.15, -0.1) is 0 Å². The topological polar surface area (TPSA) is 113 Å². The molecule has 0 saturated carbocycles. The van der Waals surface area contributed by atoms with E-state index >= 15 is 0 Å². The van der Waals surface area contributed by atoms with Gasteiger partial charge in [-0.25, -0.2) is 20.4 Å². The monoisotopic (exact) mass is 411 g/mol. The molecule has 0 radical (unpaired) electrons. The van der Waals surface area contributed by atoms with E-state index in [9.17, 15) is 9.59 Å². The highest BCUT2D eigenvalue weighted by Crippen LogP contribution is 2.44. The summed E-state index contributed by atoms with van der Waals surface area (Å²) in [5.41, 5.74) is 15.7. The molecule has 1 aliphatic carbocycles. The average molecular weight is 411 g/mol. The highest BCUT2D eigenvalue weighted by Gasteiger charge is 2.31. The Kier molecular flexibility index (Phi) is 6.24. The standard InChI is InChI=1S/C21H25N5O4/c1-2-29-20(27)18(11-19-23-25-26-24-19)22-21(28)30-12-17-15-9-5-3-7-13(15)14-8-4-6-10-16(14)17/h3-10,17-19,23-26H,2,11-12H2,1H3,(H,22,28)/t18-/m0/s1. The van der Waals surface area contributed by atoms with Crippen LogP contribution in [0.5, 0.6) is 0 Å². The van der Waals surface area contributed by atoms with Gasteiger partial charge in [0.2, 0.25) is 0 Å². The Balaban J connectivity index is 1.41. The maximum absolute atomic E-state index is 12.5. The summed E-state index contributed by atoms with van der Waals surface area (Å²) in [6, 6.07) is 15.4. The molecule has 0 unspecified atom stereocenters. The number of esters is 1. The zero-order chi connectivity index (χ0) is 20.9. The van der Waals surface area contributed by atoms with Crippen molar-refractivity contribution >= 4 is 12.1 Å². The van der Waals surface area contributed by atoms with Gasteiger partial charge in [0.15, 0.2) is 0 Å². The number of hydrogen-bond acceptors (Lipinski definition) is 8. The van der Waals surface area contributed by atoms with Crippen LogP contribution in [-0.2, 0) is 14.3 Å². The van der Waals surface area contributed by atoms with Crippen LogP contribution in [0.1, 0.15) is 30.4 Å². The van der Waals surface area contributed by atoms with Crippen LogP contribution in [-0.4, -0.2) is 37.5 Å². The number of rotatable bonds is 7. The van der Waals surface area contributed by atoms with Gasteiger partial charge in [0, 0.05) is 12.3 Å². The second-order valence-electron chi connectivity index (χ2n) is 7.10. The molecule has 9 heteroatoms. The number of carbonyl (C=O) groups excluding carboxylic acids is 2. The highest BCUT2D eigenvalue weighted by atomic mass is 16.6. The predicted molar refractivity (Wildman–Crippen MR) is 110 cm³/mol. The third kappa shape index (κ3) is 4.29. The molecule has 30 heavy (non-hydrogen) atoms. The van der Waals surface area contributed by atoms with E-state index in [-0.39, 0.29) is 31.7 Å². The second kappa shape index (κ2) is 9.23. The molecule has 5 N–H and O–H groups in total. The predicted octanol–water partition coefficient (Wildman–Crippen LogP) is 1.29. The van der Waals surface area contributed by atoms with Crippen LogP contribution in [0.15, 0.2) is 48.5 Å². The Morgan fingerprint density at radius 1 is 0.967 bits per heavy atom. The first-order chi connectivity index (χ1) is 14.7. The number of fused-ring (bicyclic) bond motifs is 3. The van der Waals surface area contributed by atoms with E-state index < -0.39 is 18.1 Å². The summed E-state index contributed by atoms with van der Waals surface area (Å²) in [5.74, 6) is -0.558. The van der Waals surface area contributed by atoms with E-state index in [1.54, 1.807) is 6.92 Å². The molecule has 0 aromatic heterocycles. The summed E-state index contributed by atoms with van der Waals surface area (Å²) in [4.78, 5) is 24.8. The summed E-state index contributed by atoms with van der Waals surface area (Å²) in [7, 11) is 0. The van der Waals surface area contributed by atoms with Crippen molar-refractivity contribution in [2.45, 2.75) is 31.5 Å².